The fraction of sp³-hybridized carbons (Fsp3) is 0.364. The Morgan fingerprint density at radius 2 is 1.95 bits per heavy atom. The first-order chi connectivity index (χ1) is 9.53. The lowest BCUT2D eigenvalue weighted by atomic mass is 10.2. The highest BCUT2D eigenvalue weighted by Crippen LogP contribution is 2.23. The van der Waals surface area contributed by atoms with Crippen LogP contribution in [0, 0.1) is 0 Å². The number of carboxylic acids is 1. The molecule has 0 bridgehead atoms. The molecule has 0 spiro atoms. The summed E-state index contributed by atoms with van der Waals surface area (Å²) in [7, 11) is -4.08. The van der Waals surface area contributed by atoms with E-state index in [1.54, 1.807) is 0 Å². The largest absolute Gasteiger partial charge is 0.478 e. The highest BCUT2D eigenvalue weighted by atomic mass is 79.9. The molecule has 21 heavy (non-hydrogen) atoms. The van der Waals surface area contributed by atoms with E-state index < -0.39 is 51.4 Å². The monoisotopic (exact) mass is 390 g/mol. The molecule has 0 radical (unpaired) electrons. The molecule has 1 aromatic carbocycles. The number of hydrogen-bond donors (Lipinski definition) is 1. The Morgan fingerprint density at radius 1 is 1.33 bits per heavy atom. The second kappa shape index (κ2) is 6.75. The number of sulfone groups is 1. The summed E-state index contributed by atoms with van der Waals surface area (Å²) in [5.41, 5.74) is -0.450. The van der Waals surface area contributed by atoms with Crippen molar-refractivity contribution in [3.63, 3.8) is 0 Å². The smallest absolute Gasteiger partial charge is 0.411 e. The average Bonchev–Trinajstić information content (AvgIpc) is 2.33. The molecule has 0 atom stereocenters. The van der Waals surface area contributed by atoms with Crippen molar-refractivity contribution in [2.24, 2.45) is 0 Å². The van der Waals surface area contributed by atoms with Crippen LogP contribution >= 0.6 is 15.9 Å². The molecule has 0 aliphatic heterocycles. The summed E-state index contributed by atoms with van der Waals surface area (Å²) in [6, 6.07) is 3.53. The summed E-state index contributed by atoms with van der Waals surface area (Å²) in [6.45, 7) is -2.25. The van der Waals surface area contributed by atoms with Crippen LogP contribution in [0.15, 0.2) is 27.6 Å². The van der Waals surface area contributed by atoms with E-state index in [1.165, 1.54) is 6.07 Å². The van der Waals surface area contributed by atoms with Gasteiger partial charge in [0.15, 0.2) is 9.84 Å². The Morgan fingerprint density at radius 3 is 2.48 bits per heavy atom. The lowest BCUT2D eigenvalue weighted by Gasteiger charge is -2.10. The van der Waals surface area contributed by atoms with E-state index in [4.69, 9.17) is 5.11 Å². The third-order valence-corrected chi connectivity index (χ3v) is 4.48. The van der Waals surface area contributed by atoms with Gasteiger partial charge in [0.2, 0.25) is 0 Å². The molecule has 1 rings (SSSR count). The van der Waals surface area contributed by atoms with Gasteiger partial charge in [-0.2, -0.15) is 13.2 Å². The number of alkyl halides is 3. The zero-order chi connectivity index (χ0) is 16.3. The van der Waals surface area contributed by atoms with E-state index in [9.17, 15) is 26.4 Å². The van der Waals surface area contributed by atoms with Crippen LogP contribution in [0.3, 0.4) is 0 Å². The molecule has 5 nitrogen and oxygen atoms in total. The van der Waals surface area contributed by atoms with Crippen LogP contribution < -0.4 is 0 Å². The average molecular weight is 391 g/mol. The van der Waals surface area contributed by atoms with Gasteiger partial charge in [-0.05, 0) is 18.2 Å². The fourth-order valence-electron chi connectivity index (χ4n) is 1.40. The molecule has 0 aromatic heterocycles. The Hall–Kier alpha value is -1.13. The summed E-state index contributed by atoms with van der Waals surface area (Å²) in [6.07, 6.45) is -4.55. The van der Waals surface area contributed by atoms with E-state index in [1.807, 2.05) is 0 Å². The van der Waals surface area contributed by atoms with Gasteiger partial charge >= 0.3 is 12.1 Å². The molecule has 118 valence electrons. The van der Waals surface area contributed by atoms with Crippen molar-refractivity contribution in [1.29, 1.82) is 0 Å². The molecule has 0 aliphatic rings. The summed E-state index contributed by atoms with van der Waals surface area (Å²) < 4.78 is 64.1. The van der Waals surface area contributed by atoms with Crippen LogP contribution in [-0.2, 0) is 14.6 Å². The number of ether oxygens (including phenoxy) is 1. The Balaban J connectivity index is 2.88. The number of carbonyl (C=O) groups is 1. The number of carboxylic acid groups (broad SMARTS) is 1. The molecule has 0 unspecified atom stereocenters. The first-order valence-electron chi connectivity index (χ1n) is 5.43. The highest BCUT2D eigenvalue weighted by Gasteiger charge is 2.28. The Bertz CT molecular complexity index is 627. The second-order valence-corrected chi connectivity index (χ2v) is 6.93. The van der Waals surface area contributed by atoms with Crippen LogP contribution in [0.2, 0.25) is 0 Å². The fourth-order valence-corrected chi connectivity index (χ4v) is 3.26. The van der Waals surface area contributed by atoms with Crippen LogP contribution in [0.25, 0.3) is 0 Å². The predicted molar refractivity (Wildman–Crippen MR) is 70.0 cm³/mol. The maximum atomic E-state index is 12.0. The number of rotatable bonds is 6. The van der Waals surface area contributed by atoms with Crippen LogP contribution in [0.4, 0.5) is 13.2 Å². The van der Waals surface area contributed by atoms with E-state index >= 15 is 0 Å². The van der Waals surface area contributed by atoms with Crippen molar-refractivity contribution in [1.82, 2.24) is 0 Å². The summed E-state index contributed by atoms with van der Waals surface area (Å²) in [5.74, 6) is -2.20. The van der Waals surface area contributed by atoms with E-state index in [-0.39, 0.29) is 0 Å². The summed E-state index contributed by atoms with van der Waals surface area (Å²) in [5, 5.41) is 8.94. The normalized spacial score (nSPS) is 12.4. The van der Waals surface area contributed by atoms with Gasteiger partial charge in [-0.1, -0.05) is 15.9 Å². The number of aromatic carboxylic acids is 1. The molecule has 1 aromatic rings. The molecular weight excluding hydrogens is 381 g/mol. The zero-order valence-corrected chi connectivity index (χ0v) is 12.8. The minimum Gasteiger partial charge on any atom is -0.478 e. The third kappa shape index (κ3) is 5.64. The van der Waals surface area contributed by atoms with Gasteiger partial charge < -0.3 is 9.84 Å². The van der Waals surface area contributed by atoms with Crippen molar-refractivity contribution >= 4 is 31.7 Å². The second-order valence-electron chi connectivity index (χ2n) is 3.93. The predicted octanol–water partition coefficient (Wildman–Crippen LogP) is 2.50. The van der Waals surface area contributed by atoms with Gasteiger partial charge in [0.05, 0.1) is 22.8 Å². The molecule has 0 amide bonds. The van der Waals surface area contributed by atoms with Gasteiger partial charge in [-0.15, -0.1) is 0 Å². The van der Waals surface area contributed by atoms with Crippen molar-refractivity contribution in [3.05, 3.63) is 28.2 Å². The molecular formula is C11H10BrF3O5S. The standard InChI is InChI=1S/C11H10BrF3O5S/c12-7-1-2-8(10(16)17)9(5-7)21(18,19)4-3-20-6-11(13,14)15/h1-2,5H,3-4,6H2,(H,16,17). The van der Waals surface area contributed by atoms with Gasteiger partial charge in [-0.25, -0.2) is 13.2 Å². The van der Waals surface area contributed by atoms with Crippen molar-refractivity contribution in [2.45, 2.75) is 11.1 Å². The van der Waals surface area contributed by atoms with Crippen LogP contribution in [-0.4, -0.2) is 44.6 Å². The number of benzene rings is 1. The molecule has 0 saturated heterocycles. The van der Waals surface area contributed by atoms with Crippen molar-refractivity contribution in [2.75, 3.05) is 19.0 Å². The van der Waals surface area contributed by atoms with Crippen molar-refractivity contribution < 1.29 is 36.2 Å². The first-order valence-corrected chi connectivity index (χ1v) is 7.87. The molecule has 0 heterocycles. The lowest BCUT2D eigenvalue weighted by Crippen LogP contribution is -2.21. The van der Waals surface area contributed by atoms with E-state index in [2.05, 4.69) is 20.7 Å². The maximum Gasteiger partial charge on any atom is 0.411 e. The Kier molecular flexibility index (Phi) is 5.76. The van der Waals surface area contributed by atoms with Crippen molar-refractivity contribution in [3.8, 4) is 0 Å². The third-order valence-electron chi connectivity index (χ3n) is 2.27. The molecule has 1 N–H and O–H groups in total. The summed E-state index contributed by atoms with van der Waals surface area (Å²) >= 11 is 3.01. The SMILES string of the molecule is O=C(O)c1ccc(Br)cc1S(=O)(=O)CCOCC(F)(F)F. The molecule has 0 fully saturated rings. The zero-order valence-electron chi connectivity index (χ0n) is 10.4. The van der Waals surface area contributed by atoms with Crippen LogP contribution in [0.5, 0.6) is 0 Å². The highest BCUT2D eigenvalue weighted by molar-refractivity contribution is 9.10. The van der Waals surface area contributed by atoms with Gasteiger partial charge in [0, 0.05) is 4.47 Å². The number of hydrogen-bond acceptors (Lipinski definition) is 4. The molecule has 10 heteroatoms. The van der Waals surface area contributed by atoms with Gasteiger partial charge in [0.1, 0.15) is 6.61 Å². The minimum absolute atomic E-state index is 0.335. The molecule has 0 aliphatic carbocycles. The minimum atomic E-state index is -4.55. The lowest BCUT2D eigenvalue weighted by molar-refractivity contribution is -0.172. The number of halogens is 4. The van der Waals surface area contributed by atoms with Crippen LogP contribution in [0.1, 0.15) is 10.4 Å². The summed E-state index contributed by atoms with van der Waals surface area (Å²) in [4.78, 5) is 10.5. The van der Waals surface area contributed by atoms with Gasteiger partial charge in [0.25, 0.3) is 0 Å². The first kappa shape index (κ1) is 17.9. The van der Waals surface area contributed by atoms with Gasteiger partial charge in [-0.3, -0.25) is 0 Å². The molecule has 0 saturated carbocycles. The van der Waals surface area contributed by atoms with E-state index in [0.717, 1.165) is 12.1 Å². The topological polar surface area (TPSA) is 80.7 Å². The quantitative estimate of drug-likeness (QED) is 0.754. The van der Waals surface area contributed by atoms with E-state index in [0.29, 0.717) is 4.47 Å². The maximum absolute atomic E-state index is 12.0. The Labute approximate surface area is 126 Å².